The molecule has 0 radical (unpaired) electrons. The number of hydrogen-bond donors (Lipinski definition) is 0. The zero-order chi connectivity index (χ0) is 17.7. The van der Waals surface area contributed by atoms with E-state index in [0.717, 1.165) is 25.9 Å². The van der Waals surface area contributed by atoms with Crippen LogP contribution in [0.4, 0.5) is 11.4 Å². The third kappa shape index (κ3) is 4.36. The fourth-order valence-corrected chi connectivity index (χ4v) is 2.91. The number of carbonyl (C=O) groups excluding carboxylic acids is 1. The van der Waals surface area contributed by atoms with Crippen LogP contribution in [0.5, 0.6) is 0 Å². The van der Waals surface area contributed by atoms with Crippen molar-refractivity contribution in [1.29, 1.82) is 0 Å². The second kappa shape index (κ2) is 8.30. The minimum absolute atomic E-state index is 0.112. The van der Waals surface area contributed by atoms with E-state index in [1.54, 1.807) is 0 Å². The van der Waals surface area contributed by atoms with Crippen LogP contribution < -0.4 is 4.90 Å². The van der Waals surface area contributed by atoms with Crippen molar-refractivity contribution in [3.8, 4) is 0 Å². The van der Waals surface area contributed by atoms with E-state index in [4.69, 9.17) is 16.3 Å². The van der Waals surface area contributed by atoms with Crippen LogP contribution in [0.15, 0.2) is 12.1 Å². The van der Waals surface area contributed by atoms with Gasteiger partial charge in [0.15, 0.2) is 0 Å². The van der Waals surface area contributed by atoms with Crippen molar-refractivity contribution in [3.05, 3.63) is 32.8 Å². The molecule has 1 aliphatic rings. The number of halogens is 1. The first-order valence-corrected chi connectivity index (χ1v) is 8.40. The fourth-order valence-electron chi connectivity index (χ4n) is 2.58. The van der Waals surface area contributed by atoms with Gasteiger partial charge in [0.2, 0.25) is 0 Å². The Bertz CT molecular complexity index is 616. The summed E-state index contributed by atoms with van der Waals surface area (Å²) in [7, 11) is 2.00. The lowest BCUT2D eigenvalue weighted by molar-refractivity contribution is -0.384. The molecule has 0 bridgehead atoms. The number of nitrogens with zero attached hydrogens (tertiary/aromatic N) is 3. The number of esters is 1. The summed E-state index contributed by atoms with van der Waals surface area (Å²) in [6.45, 7) is 5.18. The molecule has 1 heterocycles. The van der Waals surface area contributed by atoms with Gasteiger partial charge in [-0.2, -0.15) is 0 Å². The Labute approximate surface area is 146 Å². The van der Waals surface area contributed by atoms with Gasteiger partial charge in [0.1, 0.15) is 5.69 Å². The zero-order valence-electron chi connectivity index (χ0n) is 14.0. The number of benzene rings is 1. The Morgan fingerprint density at radius 3 is 2.58 bits per heavy atom. The quantitative estimate of drug-likeness (QED) is 0.338. The first-order valence-electron chi connectivity index (χ1n) is 8.02. The van der Waals surface area contributed by atoms with Crippen molar-refractivity contribution < 1.29 is 14.5 Å². The molecule has 0 unspecified atom stereocenters. The lowest BCUT2D eigenvalue weighted by atomic mass is 10.1. The van der Waals surface area contributed by atoms with Crippen molar-refractivity contribution >= 4 is 28.9 Å². The molecule has 1 aromatic rings. The molecule has 0 N–H and O–H groups in total. The van der Waals surface area contributed by atoms with Gasteiger partial charge in [0, 0.05) is 32.2 Å². The Kier molecular flexibility index (Phi) is 6.39. The third-order valence-corrected chi connectivity index (χ3v) is 4.31. The molecule has 132 valence electrons. The van der Waals surface area contributed by atoms with Crippen LogP contribution in [0, 0.1) is 10.1 Å². The summed E-state index contributed by atoms with van der Waals surface area (Å²) in [5, 5.41) is 11.7. The van der Waals surface area contributed by atoms with Crippen LogP contribution in [0.2, 0.25) is 5.02 Å². The number of likely N-dealkylation sites (N-methyl/N-ethyl adjacent to an activating group) is 1. The van der Waals surface area contributed by atoms with Crippen LogP contribution in [0.25, 0.3) is 0 Å². The minimum Gasteiger partial charge on any atom is -0.462 e. The molecule has 1 aromatic carbocycles. The highest BCUT2D eigenvalue weighted by molar-refractivity contribution is 6.34. The minimum atomic E-state index is -0.585. The van der Waals surface area contributed by atoms with Crippen molar-refractivity contribution in [2.45, 2.75) is 19.8 Å². The first kappa shape index (κ1) is 18.5. The van der Waals surface area contributed by atoms with Gasteiger partial charge in [-0.3, -0.25) is 10.1 Å². The van der Waals surface area contributed by atoms with Crippen LogP contribution in [0.1, 0.15) is 30.1 Å². The fraction of sp³-hybridized carbons (Fsp3) is 0.562. The maximum Gasteiger partial charge on any atom is 0.338 e. The Morgan fingerprint density at radius 1 is 1.33 bits per heavy atom. The molecule has 8 heteroatoms. The highest BCUT2D eigenvalue weighted by atomic mass is 35.5. The predicted molar refractivity (Wildman–Crippen MR) is 93.0 cm³/mol. The molecule has 1 saturated heterocycles. The number of piperazine rings is 1. The maximum absolute atomic E-state index is 12.1. The van der Waals surface area contributed by atoms with Gasteiger partial charge < -0.3 is 14.5 Å². The Hall–Kier alpha value is -1.86. The summed E-state index contributed by atoms with van der Waals surface area (Å²) in [6.07, 6.45) is 1.65. The van der Waals surface area contributed by atoms with E-state index in [2.05, 4.69) is 4.90 Å². The van der Waals surface area contributed by atoms with Crippen molar-refractivity contribution in [2.24, 2.45) is 0 Å². The number of nitro groups is 1. The molecule has 0 amide bonds. The normalized spacial score (nSPS) is 15.4. The van der Waals surface area contributed by atoms with Crippen LogP contribution in [-0.4, -0.2) is 55.6 Å². The summed E-state index contributed by atoms with van der Waals surface area (Å²) in [4.78, 5) is 27.1. The van der Waals surface area contributed by atoms with E-state index in [1.165, 1.54) is 12.1 Å². The maximum atomic E-state index is 12.1. The van der Waals surface area contributed by atoms with Gasteiger partial charge in [-0.05, 0) is 19.5 Å². The van der Waals surface area contributed by atoms with Crippen molar-refractivity contribution in [2.75, 3.05) is 44.7 Å². The van der Waals surface area contributed by atoms with Gasteiger partial charge in [0.05, 0.1) is 22.1 Å². The second-order valence-electron chi connectivity index (χ2n) is 5.86. The van der Waals surface area contributed by atoms with E-state index in [-0.39, 0.29) is 16.3 Å². The van der Waals surface area contributed by atoms with Crippen LogP contribution >= 0.6 is 11.6 Å². The van der Waals surface area contributed by atoms with E-state index in [1.807, 2.05) is 18.9 Å². The van der Waals surface area contributed by atoms with E-state index in [9.17, 15) is 14.9 Å². The molecule has 1 aliphatic heterocycles. The number of anilines is 1. The summed E-state index contributed by atoms with van der Waals surface area (Å²) < 4.78 is 5.12. The largest absolute Gasteiger partial charge is 0.462 e. The Morgan fingerprint density at radius 2 is 2.00 bits per heavy atom. The molecule has 7 nitrogen and oxygen atoms in total. The highest BCUT2D eigenvalue weighted by Crippen LogP contribution is 2.37. The van der Waals surface area contributed by atoms with E-state index in [0.29, 0.717) is 25.4 Å². The summed E-state index contributed by atoms with van der Waals surface area (Å²) in [5.41, 5.74) is 0.329. The van der Waals surface area contributed by atoms with E-state index >= 15 is 0 Å². The van der Waals surface area contributed by atoms with Gasteiger partial charge >= 0.3 is 5.97 Å². The van der Waals surface area contributed by atoms with E-state index < -0.39 is 10.9 Å². The van der Waals surface area contributed by atoms with Gasteiger partial charge in [0.25, 0.3) is 5.69 Å². The number of hydrogen-bond acceptors (Lipinski definition) is 6. The first-order chi connectivity index (χ1) is 11.4. The second-order valence-corrected chi connectivity index (χ2v) is 6.27. The standard InChI is InChI=1S/C16H22ClN3O4/c1-3-4-9-24-16(21)12-10-13(17)15(14(11-12)20(22)23)19-7-5-18(2)6-8-19/h10-11H,3-9H2,1-2H3. The molecule has 0 spiro atoms. The summed E-state index contributed by atoms with van der Waals surface area (Å²) in [5.74, 6) is -0.585. The molecule has 24 heavy (non-hydrogen) atoms. The SMILES string of the molecule is CCCCOC(=O)c1cc(Cl)c(N2CCN(C)CC2)c([N+](=O)[O-])c1. The molecular weight excluding hydrogens is 334 g/mol. The molecule has 0 atom stereocenters. The van der Waals surface area contributed by atoms with Crippen molar-refractivity contribution in [1.82, 2.24) is 4.90 Å². The third-order valence-electron chi connectivity index (χ3n) is 4.03. The van der Waals surface area contributed by atoms with Gasteiger partial charge in [-0.25, -0.2) is 4.79 Å². The molecular formula is C16H22ClN3O4. The topological polar surface area (TPSA) is 75.9 Å². The van der Waals surface area contributed by atoms with Crippen LogP contribution in [-0.2, 0) is 4.74 Å². The Balaban J connectivity index is 2.29. The number of rotatable bonds is 6. The number of nitro benzene ring substituents is 1. The number of carbonyl (C=O) groups is 1. The number of ether oxygens (including phenoxy) is 1. The summed E-state index contributed by atoms with van der Waals surface area (Å²) in [6, 6.07) is 2.71. The van der Waals surface area contributed by atoms with Crippen LogP contribution in [0.3, 0.4) is 0 Å². The zero-order valence-corrected chi connectivity index (χ0v) is 14.7. The van der Waals surface area contributed by atoms with Gasteiger partial charge in [-0.15, -0.1) is 0 Å². The molecule has 0 saturated carbocycles. The molecule has 2 rings (SSSR count). The monoisotopic (exact) mass is 355 g/mol. The average molecular weight is 356 g/mol. The van der Waals surface area contributed by atoms with Crippen molar-refractivity contribution in [3.63, 3.8) is 0 Å². The molecule has 0 aromatic heterocycles. The van der Waals surface area contributed by atoms with Gasteiger partial charge in [-0.1, -0.05) is 24.9 Å². The molecule has 1 fully saturated rings. The number of unbranched alkanes of at least 4 members (excludes halogenated alkanes) is 1. The highest BCUT2D eigenvalue weighted by Gasteiger charge is 2.27. The lowest BCUT2D eigenvalue weighted by Gasteiger charge is -2.34. The lowest BCUT2D eigenvalue weighted by Crippen LogP contribution is -2.44. The summed E-state index contributed by atoms with van der Waals surface area (Å²) >= 11 is 6.29. The average Bonchev–Trinajstić information content (AvgIpc) is 2.55. The smallest absolute Gasteiger partial charge is 0.338 e. The molecule has 0 aliphatic carbocycles. The predicted octanol–water partition coefficient (Wildman–Crippen LogP) is 2.96.